The molecular weight excluding hydrogens is 412 g/mol. The number of ether oxygens (including phenoxy) is 1. The minimum absolute atomic E-state index is 0.0706. The van der Waals surface area contributed by atoms with E-state index in [-0.39, 0.29) is 44.4 Å². The van der Waals surface area contributed by atoms with Crippen LogP contribution in [0.4, 0.5) is 4.79 Å². The molecule has 0 saturated heterocycles. The van der Waals surface area contributed by atoms with Gasteiger partial charge in [-0.1, -0.05) is 55.5 Å². The number of carboxylic acids is 1. The molecule has 0 aliphatic heterocycles. The summed E-state index contributed by atoms with van der Waals surface area (Å²) >= 11 is 0. The molecule has 0 radical (unpaired) electrons. The molecule has 8 heteroatoms. The number of aliphatic hydroxyl groups excluding tert-OH is 1. The lowest BCUT2D eigenvalue weighted by Gasteiger charge is -2.20. The molecule has 0 aromatic heterocycles. The van der Waals surface area contributed by atoms with Crippen molar-refractivity contribution in [3.63, 3.8) is 0 Å². The quantitative estimate of drug-likeness (QED) is 0.450. The Labute approximate surface area is 186 Å². The molecule has 170 valence electrons. The maximum absolute atomic E-state index is 12.5. The number of rotatable bonds is 10. The van der Waals surface area contributed by atoms with Gasteiger partial charge in [0, 0.05) is 25.5 Å². The van der Waals surface area contributed by atoms with Crippen LogP contribution in [-0.2, 0) is 14.3 Å². The average Bonchev–Trinajstić information content (AvgIpc) is 3.12. The van der Waals surface area contributed by atoms with E-state index in [1.807, 2.05) is 48.5 Å². The van der Waals surface area contributed by atoms with E-state index in [0.29, 0.717) is 0 Å². The van der Waals surface area contributed by atoms with Gasteiger partial charge in [0.15, 0.2) is 0 Å². The number of aliphatic carboxylic acids is 1. The van der Waals surface area contributed by atoms with E-state index in [2.05, 4.69) is 10.6 Å². The van der Waals surface area contributed by atoms with Gasteiger partial charge in [0.25, 0.3) is 0 Å². The lowest BCUT2D eigenvalue weighted by Crippen LogP contribution is -2.48. The molecule has 0 heterocycles. The molecular formula is C24H28N2O6. The summed E-state index contributed by atoms with van der Waals surface area (Å²) in [5, 5.41) is 23.2. The second-order valence-electron chi connectivity index (χ2n) is 7.99. The summed E-state index contributed by atoms with van der Waals surface area (Å²) in [6, 6.07) is 14.9. The van der Waals surface area contributed by atoms with Crippen molar-refractivity contribution in [1.82, 2.24) is 10.6 Å². The van der Waals surface area contributed by atoms with Crippen LogP contribution in [0.1, 0.15) is 36.8 Å². The zero-order valence-corrected chi connectivity index (χ0v) is 17.9. The number of hydrogen-bond donors (Lipinski definition) is 4. The van der Waals surface area contributed by atoms with E-state index in [4.69, 9.17) is 14.9 Å². The molecule has 0 fully saturated rings. The summed E-state index contributed by atoms with van der Waals surface area (Å²) in [6.45, 7) is 1.96. The Morgan fingerprint density at radius 2 is 1.62 bits per heavy atom. The van der Waals surface area contributed by atoms with Crippen molar-refractivity contribution >= 4 is 18.0 Å². The molecule has 2 amide bonds. The SMILES string of the molecule is CC(CO)CNC(=O)C(CCC(=O)O)NC(=O)OCC1c2ccccc2-c2ccccc21. The van der Waals surface area contributed by atoms with Crippen LogP contribution < -0.4 is 10.6 Å². The summed E-state index contributed by atoms with van der Waals surface area (Å²) in [6.07, 6.45) is -1.14. The van der Waals surface area contributed by atoms with Gasteiger partial charge in [0.1, 0.15) is 12.6 Å². The van der Waals surface area contributed by atoms with E-state index in [9.17, 15) is 14.4 Å². The monoisotopic (exact) mass is 440 g/mol. The molecule has 1 aliphatic rings. The van der Waals surface area contributed by atoms with Crippen molar-refractivity contribution in [2.75, 3.05) is 19.8 Å². The fourth-order valence-electron chi connectivity index (χ4n) is 3.78. The summed E-state index contributed by atoms with van der Waals surface area (Å²) < 4.78 is 5.46. The summed E-state index contributed by atoms with van der Waals surface area (Å²) in [7, 11) is 0. The van der Waals surface area contributed by atoms with E-state index < -0.39 is 24.0 Å². The third kappa shape index (κ3) is 5.64. The van der Waals surface area contributed by atoms with Gasteiger partial charge in [-0.3, -0.25) is 9.59 Å². The first-order valence-electron chi connectivity index (χ1n) is 10.6. The number of fused-ring (bicyclic) bond motifs is 3. The van der Waals surface area contributed by atoms with Crippen LogP contribution in [0, 0.1) is 5.92 Å². The molecule has 2 aromatic carbocycles. The average molecular weight is 440 g/mol. The van der Waals surface area contributed by atoms with Gasteiger partial charge < -0.3 is 25.6 Å². The molecule has 0 spiro atoms. The standard InChI is InChI=1S/C24H28N2O6/c1-15(13-27)12-25-23(30)21(10-11-22(28)29)26-24(31)32-14-20-18-8-4-2-6-16(18)17-7-3-5-9-19(17)20/h2-9,15,20-21,27H,10-14H2,1H3,(H,25,30)(H,26,31)(H,28,29). The number of hydrogen-bond acceptors (Lipinski definition) is 5. The highest BCUT2D eigenvalue weighted by Crippen LogP contribution is 2.44. The molecule has 32 heavy (non-hydrogen) atoms. The lowest BCUT2D eigenvalue weighted by atomic mass is 9.98. The third-order valence-corrected chi connectivity index (χ3v) is 5.54. The minimum Gasteiger partial charge on any atom is -0.481 e. The summed E-state index contributed by atoms with van der Waals surface area (Å²) in [5.74, 6) is -1.86. The second kappa shape index (κ2) is 10.8. The van der Waals surface area contributed by atoms with Crippen molar-refractivity contribution in [1.29, 1.82) is 0 Å². The Morgan fingerprint density at radius 3 is 2.19 bits per heavy atom. The molecule has 2 unspecified atom stereocenters. The Hall–Kier alpha value is -3.39. The fraction of sp³-hybridized carbons (Fsp3) is 0.375. The first-order chi connectivity index (χ1) is 15.4. The Balaban J connectivity index is 1.63. The number of carbonyl (C=O) groups is 3. The Morgan fingerprint density at radius 1 is 1.03 bits per heavy atom. The number of alkyl carbamates (subject to hydrolysis) is 1. The number of carboxylic acid groups (broad SMARTS) is 1. The molecule has 3 rings (SSSR count). The van der Waals surface area contributed by atoms with E-state index >= 15 is 0 Å². The van der Waals surface area contributed by atoms with Crippen LogP contribution >= 0.6 is 0 Å². The predicted octanol–water partition coefficient (Wildman–Crippen LogP) is 2.50. The fourth-order valence-corrected chi connectivity index (χ4v) is 3.78. The van der Waals surface area contributed by atoms with E-state index in [1.165, 1.54) is 0 Å². The highest BCUT2D eigenvalue weighted by molar-refractivity contribution is 5.86. The van der Waals surface area contributed by atoms with Gasteiger partial charge in [-0.05, 0) is 34.6 Å². The van der Waals surface area contributed by atoms with Crippen molar-refractivity contribution in [3.05, 3.63) is 59.7 Å². The van der Waals surface area contributed by atoms with Crippen LogP contribution in [0.3, 0.4) is 0 Å². The third-order valence-electron chi connectivity index (χ3n) is 5.54. The van der Waals surface area contributed by atoms with Crippen LogP contribution in [0.2, 0.25) is 0 Å². The largest absolute Gasteiger partial charge is 0.481 e. The van der Waals surface area contributed by atoms with Gasteiger partial charge in [0.05, 0.1) is 0 Å². The highest BCUT2D eigenvalue weighted by Gasteiger charge is 2.30. The van der Waals surface area contributed by atoms with E-state index in [1.54, 1.807) is 6.92 Å². The maximum atomic E-state index is 12.5. The molecule has 0 saturated carbocycles. The van der Waals surface area contributed by atoms with Crippen LogP contribution in [-0.4, -0.2) is 54.0 Å². The van der Waals surface area contributed by atoms with Crippen molar-refractivity contribution < 1.29 is 29.3 Å². The zero-order chi connectivity index (χ0) is 23.1. The van der Waals surface area contributed by atoms with Crippen LogP contribution in [0.15, 0.2) is 48.5 Å². The number of carbonyl (C=O) groups excluding carboxylic acids is 2. The number of aliphatic hydroxyl groups is 1. The summed E-state index contributed by atoms with van der Waals surface area (Å²) in [4.78, 5) is 35.9. The minimum atomic E-state index is -1.07. The molecule has 1 aliphatic carbocycles. The number of nitrogens with one attached hydrogen (secondary N) is 2. The van der Waals surface area contributed by atoms with Gasteiger partial charge in [-0.25, -0.2) is 4.79 Å². The maximum Gasteiger partial charge on any atom is 0.407 e. The predicted molar refractivity (Wildman–Crippen MR) is 118 cm³/mol. The lowest BCUT2D eigenvalue weighted by molar-refractivity contribution is -0.137. The van der Waals surface area contributed by atoms with Crippen molar-refractivity contribution in [3.8, 4) is 11.1 Å². The second-order valence-corrected chi connectivity index (χ2v) is 7.99. The normalized spacial score (nSPS) is 14.1. The van der Waals surface area contributed by atoms with Crippen LogP contribution in [0.25, 0.3) is 11.1 Å². The Bertz CT molecular complexity index is 931. The first kappa shape index (κ1) is 23.3. The van der Waals surface area contributed by atoms with Gasteiger partial charge in [-0.15, -0.1) is 0 Å². The van der Waals surface area contributed by atoms with Crippen molar-refractivity contribution in [2.45, 2.75) is 31.7 Å². The van der Waals surface area contributed by atoms with Crippen molar-refractivity contribution in [2.24, 2.45) is 5.92 Å². The topological polar surface area (TPSA) is 125 Å². The summed E-state index contributed by atoms with van der Waals surface area (Å²) in [5.41, 5.74) is 4.35. The van der Waals surface area contributed by atoms with Gasteiger partial charge >= 0.3 is 12.1 Å². The smallest absolute Gasteiger partial charge is 0.407 e. The van der Waals surface area contributed by atoms with E-state index in [0.717, 1.165) is 22.3 Å². The molecule has 0 bridgehead atoms. The zero-order valence-electron chi connectivity index (χ0n) is 17.9. The first-order valence-corrected chi connectivity index (χ1v) is 10.6. The van der Waals surface area contributed by atoms with Gasteiger partial charge in [0.2, 0.25) is 5.91 Å². The molecule has 2 atom stereocenters. The van der Waals surface area contributed by atoms with Crippen LogP contribution in [0.5, 0.6) is 0 Å². The van der Waals surface area contributed by atoms with Gasteiger partial charge in [-0.2, -0.15) is 0 Å². The highest BCUT2D eigenvalue weighted by atomic mass is 16.5. The molecule has 8 nitrogen and oxygen atoms in total. The number of amides is 2. The molecule has 4 N–H and O–H groups in total. The Kier molecular flexibility index (Phi) is 7.83. The number of benzene rings is 2. The molecule has 2 aromatic rings.